The summed E-state index contributed by atoms with van der Waals surface area (Å²) >= 11 is 1.20. The molecule has 1 saturated heterocycles. The molecule has 0 atom stereocenters. The Labute approximate surface area is 197 Å². The summed E-state index contributed by atoms with van der Waals surface area (Å²) in [5, 5.41) is 11.5. The molecule has 0 saturated carbocycles. The van der Waals surface area contributed by atoms with Crippen LogP contribution in [0.5, 0.6) is 5.75 Å². The van der Waals surface area contributed by atoms with Crippen molar-refractivity contribution in [2.75, 3.05) is 55.8 Å². The van der Waals surface area contributed by atoms with E-state index in [9.17, 15) is 4.79 Å². The van der Waals surface area contributed by atoms with Crippen LogP contribution in [0.3, 0.4) is 0 Å². The summed E-state index contributed by atoms with van der Waals surface area (Å²) in [5.74, 6) is 1.04. The lowest BCUT2D eigenvalue weighted by Gasteiger charge is -2.36. The summed E-state index contributed by atoms with van der Waals surface area (Å²) in [7, 11) is 1.59. The van der Waals surface area contributed by atoms with Crippen LogP contribution in [0.4, 0.5) is 11.4 Å². The topological polar surface area (TPSA) is 83.7 Å². The molecular formula is C24H27N5O3S. The lowest BCUT2D eigenvalue weighted by molar-refractivity contribution is -0.113. The summed E-state index contributed by atoms with van der Waals surface area (Å²) in [4.78, 5) is 17.3. The summed E-state index contributed by atoms with van der Waals surface area (Å²) in [6.07, 6.45) is 1.93. The number of hydrogen-bond acceptors (Lipinski definition) is 8. The molecule has 172 valence electrons. The van der Waals surface area contributed by atoms with E-state index in [0.717, 1.165) is 44.1 Å². The summed E-state index contributed by atoms with van der Waals surface area (Å²) in [6.45, 7) is 8.47. The summed E-state index contributed by atoms with van der Waals surface area (Å²) in [6, 6.07) is 15.3. The molecule has 1 aliphatic rings. The Balaban J connectivity index is 1.35. The van der Waals surface area contributed by atoms with Crippen molar-refractivity contribution in [3.8, 4) is 17.2 Å². The van der Waals surface area contributed by atoms with Gasteiger partial charge in [-0.25, -0.2) is 0 Å². The first kappa shape index (κ1) is 22.9. The zero-order chi connectivity index (χ0) is 23.0. The number of nitrogens with one attached hydrogen (secondary N) is 1. The second kappa shape index (κ2) is 11.0. The van der Waals surface area contributed by atoms with Gasteiger partial charge in [-0.1, -0.05) is 42.1 Å². The fraction of sp³-hybridized carbons (Fsp3) is 0.292. The SMILES string of the molecule is C=CCN1CCN(c2ccccc2NC(=O)CSc2nnc(-c3ccccc3OC)o2)CC1. The molecule has 3 aromatic rings. The second-order valence-electron chi connectivity index (χ2n) is 7.50. The predicted molar refractivity (Wildman–Crippen MR) is 131 cm³/mol. The largest absolute Gasteiger partial charge is 0.496 e. The van der Waals surface area contributed by atoms with Gasteiger partial charge in [-0.2, -0.15) is 0 Å². The minimum atomic E-state index is -0.130. The van der Waals surface area contributed by atoms with E-state index in [0.29, 0.717) is 22.4 Å². The zero-order valence-corrected chi connectivity index (χ0v) is 19.4. The molecule has 0 spiro atoms. The van der Waals surface area contributed by atoms with Gasteiger partial charge in [-0.05, 0) is 24.3 Å². The number of anilines is 2. The van der Waals surface area contributed by atoms with Gasteiger partial charge in [0.15, 0.2) is 0 Å². The number of benzene rings is 2. The quantitative estimate of drug-likeness (QED) is 0.378. The molecule has 0 aliphatic carbocycles. The Morgan fingerprint density at radius 2 is 1.91 bits per heavy atom. The molecule has 0 unspecified atom stereocenters. The van der Waals surface area contributed by atoms with E-state index >= 15 is 0 Å². The normalized spacial score (nSPS) is 14.2. The molecule has 1 N–H and O–H groups in total. The Bertz CT molecular complexity index is 1090. The number of piperazine rings is 1. The van der Waals surface area contributed by atoms with Gasteiger partial charge in [-0.15, -0.1) is 16.8 Å². The van der Waals surface area contributed by atoms with Crippen molar-refractivity contribution >= 4 is 29.0 Å². The predicted octanol–water partition coefficient (Wildman–Crippen LogP) is 3.78. The van der Waals surface area contributed by atoms with Crippen LogP contribution in [0.2, 0.25) is 0 Å². The first-order chi connectivity index (χ1) is 16.2. The van der Waals surface area contributed by atoms with Crippen molar-refractivity contribution in [1.82, 2.24) is 15.1 Å². The van der Waals surface area contributed by atoms with Crippen molar-refractivity contribution < 1.29 is 13.9 Å². The highest BCUT2D eigenvalue weighted by atomic mass is 32.2. The molecule has 1 aromatic heterocycles. The molecule has 2 heterocycles. The molecule has 8 nitrogen and oxygen atoms in total. The maximum Gasteiger partial charge on any atom is 0.277 e. The molecule has 0 bridgehead atoms. The van der Waals surface area contributed by atoms with Gasteiger partial charge < -0.3 is 19.4 Å². The molecule has 4 rings (SSSR count). The van der Waals surface area contributed by atoms with E-state index in [-0.39, 0.29) is 11.7 Å². The number of para-hydroxylation sites is 3. The number of carbonyl (C=O) groups is 1. The molecular weight excluding hydrogens is 438 g/mol. The minimum absolute atomic E-state index is 0.130. The van der Waals surface area contributed by atoms with Crippen molar-refractivity contribution in [3.63, 3.8) is 0 Å². The van der Waals surface area contributed by atoms with E-state index < -0.39 is 0 Å². The van der Waals surface area contributed by atoms with Crippen LogP contribution in [0.15, 0.2) is 70.8 Å². The van der Waals surface area contributed by atoms with Gasteiger partial charge in [0.1, 0.15) is 5.75 Å². The smallest absolute Gasteiger partial charge is 0.277 e. The average Bonchev–Trinajstić information content (AvgIpc) is 3.33. The van der Waals surface area contributed by atoms with Crippen molar-refractivity contribution in [1.29, 1.82) is 0 Å². The van der Waals surface area contributed by atoms with E-state index in [1.807, 2.05) is 54.6 Å². The highest BCUT2D eigenvalue weighted by Gasteiger charge is 2.19. The maximum absolute atomic E-state index is 12.7. The Morgan fingerprint density at radius 3 is 2.70 bits per heavy atom. The fourth-order valence-corrected chi connectivity index (χ4v) is 4.28. The first-order valence-electron chi connectivity index (χ1n) is 10.7. The Morgan fingerprint density at radius 1 is 1.15 bits per heavy atom. The maximum atomic E-state index is 12.7. The van der Waals surface area contributed by atoms with Crippen LogP contribution in [0.1, 0.15) is 0 Å². The van der Waals surface area contributed by atoms with Crippen LogP contribution in [-0.4, -0.2) is 66.6 Å². The number of amides is 1. The number of ether oxygens (including phenoxy) is 1. The number of methoxy groups -OCH3 is 1. The zero-order valence-electron chi connectivity index (χ0n) is 18.6. The van der Waals surface area contributed by atoms with Crippen LogP contribution >= 0.6 is 11.8 Å². The molecule has 2 aromatic carbocycles. The molecule has 1 amide bonds. The number of hydrogen-bond donors (Lipinski definition) is 1. The van der Waals surface area contributed by atoms with Crippen LogP contribution < -0.4 is 15.0 Å². The van der Waals surface area contributed by atoms with Gasteiger partial charge >= 0.3 is 0 Å². The Hall–Kier alpha value is -3.30. The molecule has 1 fully saturated rings. The number of aromatic nitrogens is 2. The Kier molecular flexibility index (Phi) is 7.64. The van der Waals surface area contributed by atoms with Gasteiger partial charge in [0, 0.05) is 32.7 Å². The minimum Gasteiger partial charge on any atom is -0.496 e. The summed E-state index contributed by atoms with van der Waals surface area (Å²) < 4.78 is 11.1. The molecule has 1 aliphatic heterocycles. The molecule has 33 heavy (non-hydrogen) atoms. The van der Waals surface area contributed by atoms with Gasteiger partial charge in [0.2, 0.25) is 5.91 Å². The highest BCUT2D eigenvalue weighted by Crippen LogP contribution is 2.31. The van der Waals surface area contributed by atoms with E-state index in [4.69, 9.17) is 9.15 Å². The van der Waals surface area contributed by atoms with Crippen LogP contribution in [0.25, 0.3) is 11.5 Å². The van der Waals surface area contributed by atoms with Gasteiger partial charge in [0.25, 0.3) is 11.1 Å². The number of thioether (sulfide) groups is 1. The van der Waals surface area contributed by atoms with Crippen molar-refractivity contribution in [3.05, 3.63) is 61.2 Å². The van der Waals surface area contributed by atoms with Gasteiger partial charge in [0.05, 0.1) is 29.8 Å². The molecule has 9 heteroatoms. The average molecular weight is 466 g/mol. The third-order valence-corrected chi connectivity index (χ3v) is 6.17. The standard InChI is InChI=1S/C24H27N5O3S/c1-3-12-28-13-15-29(16-14-28)20-10-6-5-9-19(20)25-22(30)17-33-24-27-26-23(32-24)18-8-4-7-11-21(18)31-2/h3-11H,1,12-17H2,2H3,(H,25,30). The second-order valence-corrected chi connectivity index (χ2v) is 8.43. The third-order valence-electron chi connectivity index (χ3n) is 5.35. The first-order valence-corrected chi connectivity index (χ1v) is 11.7. The number of carbonyl (C=O) groups excluding carboxylic acids is 1. The van der Waals surface area contributed by atoms with Crippen LogP contribution in [-0.2, 0) is 4.79 Å². The lowest BCUT2D eigenvalue weighted by atomic mass is 10.2. The third kappa shape index (κ3) is 5.74. The number of rotatable bonds is 9. The molecule has 0 radical (unpaired) electrons. The fourth-order valence-electron chi connectivity index (χ4n) is 3.72. The highest BCUT2D eigenvalue weighted by molar-refractivity contribution is 7.99. The van der Waals surface area contributed by atoms with Gasteiger partial charge in [-0.3, -0.25) is 9.69 Å². The summed E-state index contributed by atoms with van der Waals surface area (Å²) in [5.41, 5.74) is 2.55. The van der Waals surface area contributed by atoms with E-state index in [2.05, 4.69) is 31.9 Å². The monoisotopic (exact) mass is 465 g/mol. The van der Waals surface area contributed by atoms with E-state index in [1.54, 1.807) is 7.11 Å². The van der Waals surface area contributed by atoms with Crippen molar-refractivity contribution in [2.45, 2.75) is 5.22 Å². The van der Waals surface area contributed by atoms with Crippen molar-refractivity contribution in [2.24, 2.45) is 0 Å². The van der Waals surface area contributed by atoms with E-state index in [1.165, 1.54) is 11.8 Å². The van der Waals surface area contributed by atoms with Crippen LogP contribution in [0, 0.1) is 0 Å². The number of nitrogens with zero attached hydrogens (tertiary/aromatic N) is 4. The lowest BCUT2D eigenvalue weighted by Crippen LogP contribution is -2.46.